The van der Waals surface area contributed by atoms with Crippen LogP contribution < -0.4 is 5.32 Å². The Morgan fingerprint density at radius 1 is 1.31 bits per heavy atom. The molecule has 0 radical (unpaired) electrons. The Balaban J connectivity index is 2.12. The summed E-state index contributed by atoms with van der Waals surface area (Å²) < 4.78 is 5.32. The third kappa shape index (κ3) is 5.61. The molecular weight excluding hydrogens is 218 g/mol. The topological polar surface area (TPSA) is 25.2 Å². The minimum atomic E-state index is 0.557. The van der Waals surface area contributed by atoms with Gasteiger partial charge in [0.25, 0.3) is 0 Å². The highest BCUT2D eigenvalue weighted by Gasteiger charge is 2.07. The zero-order valence-corrected chi connectivity index (χ0v) is 11.3. The Morgan fingerprint density at radius 3 is 2.69 bits per heavy atom. The molecule has 0 saturated heterocycles. The van der Waals surface area contributed by atoms with E-state index in [1.165, 1.54) is 12.2 Å². The smallest absolute Gasteiger partial charge is 0.103 e. The Kier molecular flexibility index (Phi) is 6.65. The lowest BCUT2D eigenvalue weighted by molar-refractivity contribution is 0.420. The van der Waals surface area contributed by atoms with Crippen molar-refractivity contribution in [3.8, 4) is 0 Å². The maximum atomic E-state index is 5.32. The van der Waals surface area contributed by atoms with Crippen molar-refractivity contribution in [3.63, 3.8) is 0 Å². The highest BCUT2D eigenvalue weighted by Crippen LogP contribution is 2.07. The summed E-state index contributed by atoms with van der Waals surface area (Å²) in [5.41, 5.74) is 0. The zero-order valence-electron chi connectivity index (χ0n) is 10.5. The Labute approximate surface area is 103 Å². The molecule has 0 fully saturated rings. The summed E-state index contributed by atoms with van der Waals surface area (Å²) in [4.78, 5) is 0. The average Bonchev–Trinajstić information content (AvgIpc) is 2.76. The van der Waals surface area contributed by atoms with Crippen molar-refractivity contribution in [1.82, 2.24) is 5.32 Å². The van der Waals surface area contributed by atoms with Crippen LogP contribution in [0.1, 0.15) is 32.4 Å². The van der Waals surface area contributed by atoms with Gasteiger partial charge >= 0.3 is 0 Å². The first-order valence-corrected chi connectivity index (χ1v) is 7.39. The van der Waals surface area contributed by atoms with Gasteiger partial charge in [-0.1, -0.05) is 0 Å². The van der Waals surface area contributed by atoms with Gasteiger partial charge in [0, 0.05) is 18.5 Å². The second kappa shape index (κ2) is 7.80. The van der Waals surface area contributed by atoms with Crippen LogP contribution in [-0.4, -0.2) is 24.1 Å². The third-order valence-corrected chi connectivity index (χ3v) is 3.37. The van der Waals surface area contributed by atoms with Crippen LogP contribution in [-0.2, 0) is 6.42 Å². The lowest BCUT2D eigenvalue weighted by Gasteiger charge is -2.19. The van der Waals surface area contributed by atoms with Crippen LogP contribution in [0.3, 0.4) is 0 Å². The molecule has 0 bridgehead atoms. The van der Waals surface area contributed by atoms with Crippen molar-refractivity contribution in [2.24, 2.45) is 0 Å². The number of rotatable bonds is 8. The molecule has 1 aromatic heterocycles. The molecule has 16 heavy (non-hydrogen) atoms. The first kappa shape index (κ1) is 13.7. The molecule has 2 unspecified atom stereocenters. The van der Waals surface area contributed by atoms with Crippen molar-refractivity contribution in [1.29, 1.82) is 0 Å². The molecular formula is C13H23NOS. The van der Waals surface area contributed by atoms with Crippen LogP contribution >= 0.6 is 11.8 Å². The largest absolute Gasteiger partial charge is 0.469 e. The normalized spacial score (nSPS) is 14.9. The van der Waals surface area contributed by atoms with Crippen LogP contribution in [0.2, 0.25) is 0 Å². The highest BCUT2D eigenvalue weighted by atomic mass is 32.2. The average molecular weight is 241 g/mol. The molecule has 0 spiro atoms. The van der Waals surface area contributed by atoms with Crippen LogP contribution in [0, 0.1) is 0 Å². The van der Waals surface area contributed by atoms with E-state index < -0.39 is 0 Å². The van der Waals surface area contributed by atoms with Crippen LogP contribution in [0.25, 0.3) is 0 Å². The lowest BCUT2D eigenvalue weighted by Crippen LogP contribution is -2.35. The van der Waals surface area contributed by atoms with E-state index in [0.29, 0.717) is 12.1 Å². The van der Waals surface area contributed by atoms with Gasteiger partial charge in [-0.25, -0.2) is 0 Å². The number of furan rings is 1. The van der Waals surface area contributed by atoms with E-state index in [2.05, 4.69) is 25.4 Å². The second-order valence-corrected chi connectivity index (χ2v) is 5.35. The number of nitrogens with one attached hydrogen (secondary N) is 1. The molecule has 0 saturated carbocycles. The molecule has 92 valence electrons. The minimum absolute atomic E-state index is 0.557. The molecule has 1 aromatic rings. The van der Waals surface area contributed by atoms with Crippen LogP contribution in [0.15, 0.2) is 22.8 Å². The standard InChI is InChI=1S/C13H23NOS/c1-11(14-12(2)8-10-16-3)6-7-13-5-4-9-15-13/h4-5,9,11-12,14H,6-8,10H2,1-3H3. The van der Waals surface area contributed by atoms with Crippen LogP contribution in [0.4, 0.5) is 0 Å². The summed E-state index contributed by atoms with van der Waals surface area (Å²) in [5, 5.41) is 3.62. The third-order valence-electron chi connectivity index (χ3n) is 2.73. The van der Waals surface area contributed by atoms with Gasteiger partial charge in [-0.15, -0.1) is 0 Å². The highest BCUT2D eigenvalue weighted by molar-refractivity contribution is 7.98. The second-order valence-electron chi connectivity index (χ2n) is 4.37. The molecule has 0 aromatic carbocycles. The Hall–Kier alpha value is -0.410. The SMILES string of the molecule is CSCCC(C)NC(C)CCc1ccco1. The van der Waals surface area contributed by atoms with E-state index in [9.17, 15) is 0 Å². The molecule has 1 rings (SSSR count). The Bertz CT molecular complexity index is 261. The van der Waals surface area contributed by atoms with Crippen molar-refractivity contribution in [3.05, 3.63) is 24.2 Å². The molecule has 0 aliphatic rings. The van der Waals surface area contributed by atoms with E-state index in [1.807, 2.05) is 23.9 Å². The predicted molar refractivity (Wildman–Crippen MR) is 72.1 cm³/mol. The van der Waals surface area contributed by atoms with Gasteiger partial charge in [-0.2, -0.15) is 11.8 Å². The maximum Gasteiger partial charge on any atom is 0.103 e. The first-order valence-electron chi connectivity index (χ1n) is 5.99. The lowest BCUT2D eigenvalue weighted by atomic mass is 10.1. The monoisotopic (exact) mass is 241 g/mol. The molecule has 3 heteroatoms. The van der Waals surface area contributed by atoms with E-state index in [1.54, 1.807) is 6.26 Å². The van der Waals surface area contributed by atoms with Gasteiger partial charge in [0.1, 0.15) is 5.76 Å². The van der Waals surface area contributed by atoms with E-state index in [4.69, 9.17) is 4.42 Å². The minimum Gasteiger partial charge on any atom is -0.469 e. The fourth-order valence-electron chi connectivity index (χ4n) is 1.76. The molecule has 0 aliphatic heterocycles. The molecule has 1 heterocycles. The van der Waals surface area contributed by atoms with E-state index >= 15 is 0 Å². The van der Waals surface area contributed by atoms with E-state index in [0.717, 1.165) is 18.6 Å². The van der Waals surface area contributed by atoms with E-state index in [-0.39, 0.29) is 0 Å². The summed E-state index contributed by atoms with van der Waals surface area (Å²) in [6.45, 7) is 4.51. The van der Waals surface area contributed by atoms with Gasteiger partial charge < -0.3 is 9.73 Å². The number of hydrogen-bond donors (Lipinski definition) is 1. The summed E-state index contributed by atoms with van der Waals surface area (Å²) in [6.07, 6.45) is 7.31. The van der Waals surface area contributed by atoms with Crippen molar-refractivity contribution in [2.75, 3.05) is 12.0 Å². The fraction of sp³-hybridized carbons (Fsp3) is 0.692. The van der Waals surface area contributed by atoms with Gasteiger partial charge in [-0.05, 0) is 50.8 Å². The Morgan fingerprint density at radius 2 is 2.06 bits per heavy atom. The van der Waals surface area contributed by atoms with Gasteiger partial charge in [0.15, 0.2) is 0 Å². The quantitative estimate of drug-likeness (QED) is 0.756. The first-order chi connectivity index (χ1) is 7.72. The number of thioether (sulfide) groups is 1. The van der Waals surface area contributed by atoms with Crippen LogP contribution in [0.5, 0.6) is 0 Å². The van der Waals surface area contributed by atoms with Crippen molar-refractivity contribution < 1.29 is 4.42 Å². The predicted octanol–water partition coefficient (Wildman–Crippen LogP) is 3.33. The van der Waals surface area contributed by atoms with Gasteiger partial charge in [0.05, 0.1) is 6.26 Å². The van der Waals surface area contributed by atoms with Crippen molar-refractivity contribution in [2.45, 2.75) is 45.2 Å². The molecule has 0 aliphatic carbocycles. The van der Waals surface area contributed by atoms with Gasteiger partial charge in [-0.3, -0.25) is 0 Å². The maximum absolute atomic E-state index is 5.32. The molecule has 0 amide bonds. The zero-order chi connectivity index (χ0) is 11.8. The fourth-order valence-corrected chi connectivity index (χ4v) is 2.35. The number of hydrogen-bond acceptors (Lipinski definition) is 3. The molecule has 2 atom stereocenters. The molecule has 2 nitrogen and oxygen atoms in total. The van der Waals surface area contributed by atoms with Crippen molar-refractivity contribution >= 4 is 11.8 Å². The summed E-state index contributed by atoms with van der Waals surface area (Å²) in [5.74, 6) is 2.32. The molecule has 1 N–H and O–H groups in total. The number of aryl methyl sites for hydroxylation is 1. The summed E-state index contributed by atoms with van der Waals surface area (Å²) in [7, 11) is 0. The summed E-state index contributed by atoms with van der Waals surface area (Å²) >= 11 is 1.91. The summed E-state index contributed by atoms with van der Waals surface area (Å²) in [6, 6.07) is 5.17. The van der Waals surface area contributed by atoms with Gasteiger partial charge in [0.2, 0.25) is 0 Å².